The van der Waals surface area contributed by atoms with E-state index in [0.29, 0.717) is 6.04 Å². The molecule has 1 unspecified atom stereocenters. The maximum atomic E-state index is 9.42. The second-order valence-corrected chi connectivity index (χ2v) is 5.72. The number of pyridine rings is 1. The Kier molecular flexibility index (Phi) is 5.03. The van der Waals surface area contributed by atoms with Crippen LogP contribution in [0.5, 0.6) is 0 Å². The molecule has 0 saturated carbocycles. The first-order chi connectivity index (χ1) is 10.9. The second-order valence-electron chi connectivity index (χ2n) is 5.72. The summed E-state index contributed by atoms with van der Waals surface area (Å²) in [5.74, 6) is 0.783. The second kappa shape index (κ2) is 7.38. The van der Waals surface area contributed by atoms with Crippen LogP contribution in [0.2, 0.25) is 0 Å². The molecular weight excluding hydrogens is 274 g/mol. The first kappa shape index (κ1) is 15.0. The van der Waals surface area contributed by atoms with Crippen LogP contribution in [0, 0.1) is 0 Å². The third kappa shape index (κ3) is 3.46. The molecule has 0 amide bonds. The maximum Gasteiger partial charge on any atom is 0.131 e. The Bertz CT molecular complexity index is 582. The molecular formula is C18H23N3O. The number of aromatic nitrogens is 1. The fourth-order valence-electron chi connectivity index (χ4n) is 3.10. The van der Waals surface area contributed by atoms with Gasteiger partial charge in [-0.25, -0.2) is 4.98 Å². The Morgan fingerprint density at radius 2 is 1.86 bits per heavy atom. The molecule has 2 aromatic rings. The molecule has 1 aliphatic heterocycles. The molecule has 0 bridgehead atoms. The van der Waals surface area contributed by atoms with Gasteiger partial charge in [-0.05, 0) is 37.6 Å². The number of hydrogen-bond acceptors (Lipinski definition) is 4. The molecule has 0 spiro atoms. The predicted octanol–water partition coefficient (Wildman–Crippen LogP) is 2.82. The van der Waals surface area contributed by atoms with E-state index in [0.717, 1.165) is 31.0 Å². The largest absolute Gasteiger partial charge is 0.392 e. The van der Waals surface area contributed by atoms with Gasteiger partial charge in [0.2, 0.25) is 0 Å². The van der Waals surface area contributed by atoms with Gasteiger partial charge in [0.05, 0.1) is 12.6 Å². The molecule has 4 heteroatoms. The Morgan fingerprint density at radius 3 is 2.59 bits per heavy atom. The Morgan fingerprint density at radius 1 is 1.09 bits per heavy atom. The number of nitrogens with zero attached hydrogens (tertiary/aromatic N) is 2. The van der Waals surface area contributed by atoms with E-state index in [1.165, 1.54) is 18.4 Å². The lowest BCUT2D eigenvalue weighted by atomic mass is 10.1. The fraction of sp³-hybridized carbons (Fsp3) is 0.389. The van der Waals surface area contributed by atoms with Crippen LogP contribution < -0.4 is 5.32 Å². The summed E-state index contributed by atoms with van der Waals surface area (Å²) in [6.07, 6.45) is 4.30. The normalized spacial score (nSPS) is 16.6. The van der Waals surface area contributed by atoms with Crippen LogP contribution in [0.4, 0.5) is 5.82 Å². The van der Waals surface area contributed by atoms with E-state index < -0.39 is 0 Å². The summed E-state index contributed by atoms with van der Waals surface area (Å²) < 4.78 is 0. The van der Waals surface area contributed by atoms with Crippen molar-refractivity contribution in [2.75, 3.05) is 25.0 Å². The van der Waals surface area contributed by atoms with Crippen molar-refractivity contribution in [2.45, 2.75) is 25.5 Å². The monoisotopic (exact) mass is 297 g/mol. The Hall–Kier alpha value is -1.91. The molecule has 1 fully saturated rings. The van der Waals surface area contributed by atoms with Gasteiger partial charge in [-0.3, -0.25) is 4.90 Å². The van der Waals surface area contributed by atoms with Crippen molar-refractivity contribution in [2.24, 2.45) is 0 Å². The van der Waals surface area contributed by atoms with Crippen LogP contribution in [0.3, 0.4) is 0 Å². The van der Waals surface area contributed by atoms with E-state index in [9.17, 15) is 5.11 Å². The molecule has 4 nitrogen and oxygen atoms in total. The van der Waals surface area contributed by atoms with Crippen molar-refractivity contribution in [3.63, 3.8) is 0 Å². The number of nitrogens with one attached hydrogen (secondary N) is 1. The molecule has 0 aliphatic carbocycles. The van der Waals surface area contributed by atoms with Crippen LogP contribution in [-0.4, -0.2) is 34.6 Å². The minimum Gasteiger partial charge on any atom is -0.392 e. The topological polar surface area (TPSA) is 48.4 Å². The first-order valence-corrected chi connectivity index (χ1v) is 7.96. The fourth-order valence-corrected chi connectivity index (χ4v) is 3.10. The highest BCUT2D eigenvalue weighted by Crippen LogP contribution is 2.25. The van der Waals surface area contributed by atoms with Crippen molar-refractivity contribution < 1.29 is 5.11 Å². The number of rotatable bonds is 6. The first-order valence-electron chi connectivity index (χ1n) is 7.96. The van der Waals surface area contributed by atoms with Crippen molar-refractivity contribution >= 4 is 5.82 Å². The smallest absolute Gasteiger partial charge is 0.131 e. The summed E-state index contributed by atoms with van der Waals surface area (Å²) in [5, 5.41) is 12.8. The van der Waals surface area contributed by atoms with Crippen LogP contribution in [-0.2, 0) is 6.61 Å². The molecule has 1 aromatic carbocycles. The number of aliphatic hydroxyl groups excluding tert-OH is 1. The number of aliphatic hydroxyl groups is 1. The zero-order valence-corrected chi connectivity index (χ0v) is 12.8. The molecule has 22 heavy (non-hydrogen) atoms. The van der Waals surface area contributed by atoms with E-state index in [1.807, 2.05) is 12.1 Å². The van der Waals surface area contributed by atoms with Gasteiger partial charge < -0.3 is 10.4 Å². The summed E-state index contributed by atoms with van der Waals surface area (Å²) in [7, 11) is 0. The molecule has 0 radical (unpaired) electrons. The zero-order chi connectivity index (χ0) is 15.2. The highest BCUT2D eigenvalue weighted by atomic mass is 16.3. The Balaban J connectivity index is 1.75. The number of hydrogen-bond donors (Lipinski definition) is 2. The van der Waals surface area contributed by atoms with Crippen molar-refractivity contribution in [3.05, 3.63) is 59.8 Å². The van der Waals surface area contributed by atoms with E-state index in [4.69, 9.17) is 0 Å². The van der Waals surface area contributed by atoms with Gasteiger partial charge in [0, 0.05) is 18.3 Å². The average Bonchev–Trinajstić information content (AvgIpc) is 3.11. The quantitative estimate of drug-likeness (QED) is 0.861. The van der Waals surface area contributed by atoms with Gasteiger partial charge in [-0.15, -0.1) is 0 Å². The lowest BCUT2D eigenvalue weighted by Crippen LogP contribution is -2.31. The summed E-state index contributed by atoms with van der Waals surface area (Å²) in [5.41, 5.74) is 2.18. The van der Waals surface area contributed by atoms with Crippen LogP contribution in [0.25, 0.3) is 0 Å². The Labute approximate surface area is 131 Å². The highest BCUT2D eigenvalue weighted by Gasteiger charge is 2.23. The molecule has 2 heterocycles. The summed E-state index contributed by atoms with van der Waals surface area (Å²) in [4.78, 5) is 6.88. The zero-order valence-electron chi connectivity index (χ0n) is 12.8. The number of anilines is 1. The van der Waals surface area contributed by atoms with Gasteiger partial charge in [-0.2, -0.15) is 0 Å². The van der Waals surface area contributed by atoms with Crippen LogP contribution in [0.1, 0.15) is 30.0 Å². The summed E-state index contributed by atoms with van der Waals surface area (Å²) in [6.45, 7) is 3.11. The van der Waals surface area contributed by atoms with Crippen molar-refractivity contribution in [1.82, 2.24) is 9.88 Å². The third-order valence-corrected chi connectivity index (χ3v) is 4.29. The molecule has 2 N–H and O–H groups in total. The molecule has 3 rings (SSSR count). The van der Waals surface area contributed by atoms with Crippen molar-refractivity contribution in [3.8, 4) is 0 Å². The summed E-state index contributed by atoms with van der Waals surface area (Å²) >= 11 is 0. The summed E-state index contributed by atoms with van der Waals surface area (Å²) in [6, 6.07) is 14.7. The van der Waals surface area contributed by atoms with Gasteiger partial charge in [0.15, 0.2) is 0 Å². The number of likely N-dealkylation sites (tertiary alicyclic amines) is 1. The van der Waals surface area contributed by atoms with Crippen molar-refractivity contribution in [1.29, 1.82) is 0 Å². The highest BCUT2D eigenvalue weighted by molar-refractivity contribution is 5.43. The predicted molar refractivity (Wildman–Crippen MR) is 88.6 cm³/mol. The average molecular weight is 297 g/mol. The standard InChI is InChI=1S/C18H23N3O/c22-14-16-9-6-10-19-18(16)20-13-17(21-11-4-5-12-21)15-7-2-1-3-8-15/h1-3,6-10,17,22H,4-5,11-14H2,(H,19,20). The lowest BCUT2D eigenvalue weighted by molar-refractivity contribution is 0.255. The number of benzene rings is 1. The SMILES string of the molecule is OCc1cccnc1NCC(c1ccccc1)N1CCCC1. The lowest BCUT2D eigenvalue weighted by Gasteiger charge is -2.28. The minimum absolute atomic E-state index is 0.00981. The van der Waals surface area contributed by atoms with E-state index in [-0.39, 0.29) is 6.61 Å². The van der Waals surface area contributed by atoms with E-state index in [1.54, 1.807) is 6.20 Å². The van der Waals surface area contributed by atoms with Gasteiger partial charge in [0.1, 0.15) is 5.82 Å². The molecule has 1 aromatic heterocycles. The molecule has 1 saturated heterocycles. The van der Waals surface area contributed by atoms with Crippen LogP contribution >= 0.6 is 0 Å². The minimum atomic E-state index is 0.00981. The molecule has 1 aliphatic rings. The maximum absolute atomic E-state index is 9.42. The van der Waals surface area contributed by atoms with Crippen LogP contribution in [0.15, 0.2) is 48.7 Å². The molecule has 1 atom stereocenters. The molecule has 116 valence electrons. The van der Waals surface area contributed by atoms with E-state index >= 15 is 0 Å². The van der Waals surface area contributed by atoms with Gasteiger partial charge in [-0.1, -0.05) is 36.4 Å². The van der Waals surface area contributed by atoms with Gasteiger partial charge in [0.25, 0.3) is 0 Å². The van der Waals surface area contributed by atoms with Gasteiger partial charge >= 0.3 is 0 Å². The third-order valence-electron chi connectivity index (χ3n) is 4.29. The van der Waals surface area contributed by atoms with E-state index in [2.05, 4.69) is 45.5 Å².